The zero-order valence-corrected chi connectivity index (χ0v) is 11.7. The molecule has 0 fully saturated rings. The molecule has 0 saturated heterocycles. The monoisotopic (exact) mass is 310 g/mol. The molecule has 116 valence electrons. The Morgan fingerprint density at radius 3 is 2.50 bits per heavy atom. The van der Waals surface area contributed by atoms with Crippen LogP contribution >= 0.6 is 0 Å². The Morgan fingerprint density at radius 1 is 1.09 bits per heavy atom. The summed E-state index contributed by atoms with van der Waals surface area (Å²) in [5.41, 5.74) is 1.92. The lowest BCUT2D eigenvalue weighted by molar-refractivity contribution is -0.201. The molecule has 0 spiro atoms. The Labute approximate surface area is 125 Å². The molecule has 0 atom stereocenters. The lowest BCUT2D eigenvalue weighted by Crippen LogP contribution is -2.25. The van der Waals surface area contributed by atoms with E-state index in [0.29, 0.717) is 16.9 Å². The Kier molecular flexibility index (Phi) is 4.70. The smallest absolute Gasteiger partial charge is 0.490 e. The van der Waals surface area contributed by atoms with Gasteiger partial charge in [0.15, 0.2) is 0 Å². The standard InChI is InChI=1S/C16H13F3O3/c1-21-13-7-4-6-11(9-13)14-8-3-2-5-12(14)10-22-15(20)16(17,18)19/h2-9H,10H2,1H3. The minimum absolute atomic E-state index is 0.453. The molecule has 0 heterocycles. The largest absolute Gasteiger partial charge is 0.497 e. The summed E-state index contributed by atoms with van der Waals surface area (Å²) in [6, 6.07) is 13.9. The van der Waals surface area contributed by atoms with Crippen molar-refractivity contribution in [2.45, 2.75) is 12.8 Å². The van der Waals surface area contributed by atoms with Crippen LogP contribution in [0.2, 0.25) is 0 Å². The van der Waals surface area contributed by atoms with Gasteiger partial charge < -0.3 is 9.47 Å². The fraction of sp³-hybridized carbons (Fsp3) is 0.188. The fourth-order valence-electron chi connectivity index (χ4n) is 1.94. The summed E-state index contributed by atoms with van der Waals surface area (Å²) in [7, 11) is 1.52. The molecule has 0 aromatic heterocycles. The van der Waals surface area contributed by atoms with Crippen molar-refractivity contribution in [2.24, 2.45) is 0 Å². The average Bonchev–Trinajstić information content (AvgIpc) is 2.52. The predicted molar refractivity (Wildman–Crippen MR) is 74.3 cm³/mol. The van der Waals surface area contributed by atoms with Crippen molar-refractivity contribution >= 4 is 5.97 Å². The van der Waals surface area contributed by atoms with Gasteiger partial charge in [-0.3, -0.25) is 0 Å². The third-order valence-electron chi connectivity index (χ3n) is 2.99. The Hall–Kier alpha value is -2.50. The third-order valence-corrected chi connectivity index (χ3v) is 2.99. The summed E-state index contributed by atoms with van der Waals surface area (Å²) in [4.78, 5) is 10.8. The van der Waals surface area contributed by atoms with Crippen molar-refractivity contribution in [3.05, 3.63) is 54.1 Å². The summed E-state index contributed by atoms with van der Waals surface area (Å²) in [6.45, 7) is -0.453. The molecule has 22 heavy (non-hydrogen) atoms. The Morgan fingerprint density at radius 2 is 1.82 bits per heavy atom. The highest BCUT2D eigenvalue weighted by Gasteiger charge is 2.40. The van der Waals surface area contributed by atoms with E-state index in [1.165, 1.54) is 7.11 Å². The van der Waals surface area contributed by atoms with Crippen LogP contribution in [-0.4, -0.2) is 19.3 Å². The molecular weight excluding hydrogens is 297 g/mol. The molecule has 2 aromatic rings. The van der Waals surface area contributed by atoms with Crippen LogP contribution < -0.4 is 4.74 Å². The molecule has 0 amide bonds. The van der Waals surface area contributed by atoms with E-state index >= 15 is 0 Å². The van der Waals surface area contributed by atoms with Gasteiger partial charge in [0.2, 0.25) is 0 Å². The van der Waals surface area contributed by atoms with Crippen molar-refractivity contribution in [3.8, 4) is 16.9 Å². The van der Waals surface area contributed by atoms with Gasteiger partial charge in [0.05, 0.1) is 7.11 Å². The van der Waals surface area contributed by atoms with E-state index in [-0.39, 0.29) is 0 Å². The number of rotatable bonds is 4. The summed E-state index contributed by atoms with van der Waals surface area (Å²) in [5.74, 6) is -1.58. The number of ether oxygens (including phenoxy) is 2. The maximum Gasteiger partial charge on any atom is 0.490 e. The van der Waals surface area contributed by atoms with Crippen molar-refractivity contribution in [1.29, 1.82) is 0 Å². The zero-order valence-electron chi connectivity index (χ0n) is 11.7. The number of alkyl halides is 3. The van der Waals surface area contributed by atoms with Crippen molar-refractivity contribution in [3.63, 3.8) is 0 Å². The molecule has 0 radical (unpaired) electrons. The maximum atomic E-state index is 12.2. The highest BCUT2D eigenvalue weighted by Crippen LogP contribution is 2.28. The molecule has 0 aliphatic rings. The van der Waals surface area contributed by atoms with Gasteiger partial charge in [0.25, 0.3) is 0 Å². The summed E-state index contributed by atoms with van der Waals surface area (Å²) in [6.07, 6.45) is -5.00. The van der Waals surface area contributed by atoms with Gasteiger partial charge in [-0.15, -0.1) is 0 Å². The van der Waals surface area contributed by atoms with Crippen molar-refractivity contribution in [1.82, 2.24) is 0 Å². The molecule has 6 heteroatoms. The second-order valence-electron chi connectivity index (χ2n) is 4.46. The van der Waals surface area contributed by atoms with Crippen LogP contribution in [0.25, 0.3) is 11.1 Å². The van der Waals surface area contributed by atoms with Crippen LogP contribution in [0.5, 0.6) is 5.75 Å². The van der Waals surface area contributed by atoms with Crippen LogP contribution in [0.3, 0.4) is 0 Å². The number of hydrogen-bond donors (Lipinski definition) is 0. The van der Waals surface area contributed by atoms with Crippen LogP contribution in [-0.2, 0) is 16.1 Å². The third kappa shape index (κ3) is 3.78. The number of hydrogen-bond acceptors (Lipinski definition) is 3. The van der Waals surface area contributed by atoms with Crippen LogP contribution in [0.4, 0.5) is 13.2 Å². The van der Waals surface area contributed by atoms with Gasteiger partial charge >= 0.3 is 12.1 Å². The van der Waals surface area contributed by atoms with E-state index in [4.69, 9.17) is 4.74 Å². The topological polar surface area (TPSA) is 35.5 Å². The second kappa shape index (κ2) is 6.51. The molecule has 2 aromatic carbocycles. The predicted octanol–water partition coefficient (Wildman–Crippen LogP) is 3.97. The summed E-state index contributed by atoms with van der Waals surface area (Å²) in [5, 5.41) is 0. The quantitative estimate of drug-likeness (QED) is 0.802. The SMILES string of the molecule is COc1cccc(-c2ccccc2COC(=O)C(F)(F)F)c1. The van der Waals surface area contributed by atoms with Crippen LogP contribution in [0.1, 0.15) is 5.56 Å². The van der Waals surface area contributed by atoms with Crippen LogP contribution in [0, 0.1) is 0 Å². The summed E-state index contributed by atoms with van der Waals surface area (Å²) < 4.78 is 46.0. The molecule has 0 bridgehead atoms. The number of esters is 1. The van der Waals surface area contributed by atoms with E-state index in [9.17, 15) is 18.0 Å². The molecule has 2 rings (SSSR count). The normalized spacial score (nSPS) is 11.1. The highest BCUT2D eigenvalue weighted by atomic mass is 19.4. The van der Waals surface area contributed by atoms with Gasteiger partial charge in [-0.1, -0.05) is 36.4 Å². The molecule has 3 nitrogen and oxygen atoms in total. The lowest BCUT2D eigenvalue weighted by atomic mass is 10.00. The van der Waals surface area contributed by atoms with Gasteiger partial charge in [0, 0.05) is 0 Å². The van der Waals surface area contributed by atoms with Crippen molar-refractivity contribution < 1.29 is 27.4 Å². The fourth-order valence-corrected chi connectivity index (χ4v) is 1.94. The minimum atomic E-state index is -5.00. The van der Waals surface area contributed by atoms with Crippen LogP contribution in [0.15, 0.2) is 48.5 Å². The Balaban J connectivity index is 2.25. The van der Waals surface area contributed by atoms with Gasteiger partial charge in [-0.05, 0) is 28.8 Å². The summed E-state index contributed by atoms with van der Waals surface area (Å²) >= 11 is 0. The van der Waals surface area contributed by atoms with E-state index in [2.05, 4.69) is 4.74 Å². The van der Waals surface area contributed by atoms with E-state index in [0.717, 1.165) is 5.56 Å². The first kappa shape index (κ1) is 15.9. The second-order valence-corrected chi connectivity index (χ2v) is 4.46. The number of carbonyl (C=O) groups is 1. The maximum absolute atomic E-state index is 12.2. The highest BCUT2D eigenvalue weighted by molar-refractivity contribution is 5.76. The Bertz CT molecular complexity index is 666. The first-order valence-electron chi connectivity index (χ1n) is 6.38. The number of carbonyl (C=O) groups excluding carboxylic acids is 1. The molecule has 0 aliphatic heterocycles. The first-order valence-corrected chi connectivity index (χ1v) is 6.38. The van der Waals surface area contributed by atoms with Gasteiger partial charge in [0.1, 0.15) is 12.4 Å². The molecule has 0 N–H and O–H groups in total. The number of methoxy groups -OCH3 is 1. The number of benzene rings is 2. The number of halogens is 3. The van der Waals surface area contributed by atoms with E-state index in [1.54, 1.807) is 48.5 Å². The molecule has 0 aliphatic carbocycles. The minimum Gasteiger partial charge on any atom is -0.497 e. The molecule has 0 unspecified atom stereocenters. The molecule has 0 saturated carbocycles. The lowest BCUT2D eigenvalue weighted by Gasteiger charge is -2.12. The zero-order chi connectivity index (χ0) is 16.2. The van der Waals surface area contributed by atoms with Gasteiger partial charge in [-0.2, -0.15) is 13.2 Å². The van der Waals surface area contributed by atoms with Gasteiger partial charge in [-0.25, -0.2) is 4.79 Å². The van der Waals surface area contributed by atoms with E-state index < -0.39 is 18.8 Å². The molecular formula is C16H13F3O3. The first-order chi connectivity index (χ1) is 10.4. The van der Waals surface area contributed by atoms with E-state index in [1.807, 2.05) is 0 Å². The van der Waals surface area contributed by atoms with Crippen molar-refractivity contribution in [2.75, 3.05) is 7.11 Å². The average molecular weight is 310 g/mol.